The van der Waals surface area contributed by atoms with Crippen molar-refractivity contribution in [1.29, 1.82) is 0 Å². The molecule has 2 aromatic rings. The monoisotopic (exact) mass is 212 g/mol. The molecule has 0 aliphatic rings. The van der Waals surface area contributed by atoms with Crippen molar-refractivity contribution in [2.45, 2.75) is 0 Å². The molecule has 0 spiro atoms. The van der Waals surface area contributed by atoms with Crippen LogP contribution in [0.3, 0.4) is 0 Å². The Balaban J connectivity index is 0.000000605. The number of benzene rings is 1. The standard InChI is InChI=1S/C8H6N2.H2Se/c1-2-4-8-7(3-1)5-9-6-10-8;/h1-6H;1H2. The maximum Gasteiger partial charge on any atom is 0.116 e. The molecule has 0 fully saturated rings. The largest absolute Gasteiger partial charge is 0.244 e. The third-order valence-electron chi connectivity index (χ3n) is 1.41. The molecule has 0 atom stereocenters. The molecule has 56 valence electrons. The second-order valence-corrected chi connectivity index (χ2v) is 2.08. The third-order valence-corrected chi connectivity index (χ3v) is 1.41. The third kappa shape index (κ3) is 1.56. The summed E-state index contributed by atoms with van der Waals surface area (Å²) in [6.45, 7) is 0. The molecule has 0 N–H and O–H groups in total. The number of aromatic nitrogens is 2. The average molecular weight is 211 g/mol. The van der Waals surface area contributed by atoms with E-state index >= 15 is 0 Å². The first-order chi connectivity index (χ1) is 4.97. The predicted octanol–water partition coefficient (Wildman–Crippen LogP) is 0.714. The van der Waals surface area contributed by atoms with E-state index < -0.39 is 0 Å². The summed E-state index contributed by atoms with van der Waals surface area (Å²) < 4.78 is 0. The minimum absolute atomic E-state index is 0. The summed E-state index contributed by atoms with van der Waals surface area (Å²) in [5.41, 5.74) is 0.998. The molecule has 2 nitrogen and oxygen atoms in total. The molecular formula is C8H8N2Se. The predicted molar refractivity (Wildman–Crippen MR) is 48.1 cm³/mol. The Hall–Kier alpha value is -0.921. The van der Waals surface area contributed by atoms with Gasteiger partial charge >= 0.3 is 17.1 Å². The van der Waals surface area contributed by atoms with Gasteiger partial charge in [0.25, 0.3) is 0 Å². The van der Waals surface area contributed by atoms with Crippen LogP contribution in [-0.4, -0.2) is 27.0 Å². The van der Waals surface area contributed by atoms with E-state index in [0.29, 0.717) is 0 Å². The van der Waals surface area contributed by atoms with Crippen molar-refractivity contribution < 1.29 is 0 Å². The fourth-order valence-corrected chi connectivity index (χ4v) is 0.923. The number of para-hydroxylation sites is 1. The van der Waals surface area contributed by atoms with Crippen molar-refractivity contribution in [3.63, 3.8) is 0 Å². The normalized spacial score (nSPS) is 9.09. The first-order valence-corrected chi connectivity index (χ1v) is 3.11. The molecule has 1 aromatic heterocycles. The van der Waals surface area contributed by atoms with Crippen LogP contribution >= 0.6 is 0 Å². The van der Waals surface area contributed by atoms with Gasteiger partial charge in [-0.1, -0.05) is 18.2 Å². The molecule has 2 rings (SSSR count). The Morgan fingerprint density at radius 1 is 1.09 bits per heavy atom. The molecule has 0 aliphatic carbocycles. The summed E-state index contributed by atoms with van der Waals surface area (Å²) in [5.74, 6) is 0. The molecule has 0 saturated heterocycles. The molecular weight excluding hydrogens is 203 g/mol. The van der Waals surface area contributed by atoms with Crippen LogP contribution in [0.1, 0.15) is 0 Å². The van der Waals surface area contributed by atoms with Crippen LogP contribution in [0.25, 0.3) is 10.9 Å². The fraction of sp³-hybridized carbons (Fsp3) is 0. The first-order valence-electron chi connectivity index (χ1n) is 3.11. The Morgan fingerprint density at radius 3 is 2.73 bits per heavy atom. The topological polar surface area (TPSA) is 25.8 Å². The maximum absolute atomic E-state index is 4.07. The molecule has 1 aromatic carbocycles. The molecule has 0 radical (unpaired) electrons. The van der Waals surface area contributed by atoms with Gasteiger partial charge < -0.3 is 0 Å². The van der Waals surface area contributed by atoms with Crippen molar-refractivity contribution >= 4 is 28.0 Å². The molecule has 0 saturated carbocycles. The van der Waals surface area contributed by atoms with E-state index in [9.17, 15) is 0 Å². The minimum Gasteiger partial charge on any atom is -0.244 e. The van der Waals surface area contributed by atoms with Crippen LogP contribution in [0.5, 0.6) is 0 Å². The van der Waals surface area contributed by atoms with Gasteiger partial charge in [0, 0.05) is 11.6 Å². The quantitative estimate of drug-likeness (QED) is 0.600. The number of nitrogens with zero attached hydrogens (tertiary/aromatic N) is 2. The number of hydrogen-bond acceptors (Lipinski definition) is 2. The van der Waals surface area contributed by atoms with Crippen LogP contribution in [-0.2, 0) is 0 Å². The van der Waals surface area contributed by atoms with Gasteiger partial charge in [-0.3, -0.25) is 0 Å². The number of hydrogen-bond donors (Lipinski definition) is 0. The van der Waals surface area contributed by atoms with Gasteiger partial charge in [-0.15, -0.1) is 0 Å². The smallest absolute Gasteiger partial charge is 0.116 e. The second kappa shape index (κ2) is 3.46. The van der Waals surface area contributed by atoms with Crippen LogP contribution < -0.4 is 0 Å². The number of rotatable bonds is 0. The molecule has 0 bridgehead atoms. The van der Waals surface area contributed by atoms with Crippen molar-refractivity contribution in [3.8, 4) is 0 Å². The van der Waals surface area contributed by atoms with E-state index in [1.807, 2.05) is 30.5 Å². The molecule has 1 heterocycles. The van der Waals surface area contributed by atoms with Crippen molar-refractivity contribution in [2.75, 3.05) is 0 Å². The Labute approximate surface area is 75.1 Å². The van der Waals surface area contributed by atoms with Crippen LogP contribution in [0.4, 0.5) is 0 Å². The van der Waals surface area contributed by atoms with Crippen molar-refractivity contribution in [3.05, 3.63) is 36.8 Å². The van der Waals surface area contributed by atoms with Crippen LogP contribution in [0.2, 0.25) is 0 Å². The van der Waals surface area contributed by atoms with E-state index in [-0.39, 0.29) is 17.1 Å². The van der Waals surface area contributed by atoms with E-state index in [2.05, 4.69) is 9.97 Å². The van der Waals surface area contributed by atoms with Gasteiger partial charge in [-0.25, -0.2) is 9.97 Å². The first kappa shape index (κ1) is 8.18. The van der Waals surface area contributed by atoms with Gasteiger partial charge in [0.1, 0.15) is 6.33 Å². The number of fused-ring (bicyclic) bond motifs is 1. The fourth-order valence-electron chi connectivity index (χ4n) is 0.923. The second-order valence-electron chi connectivity index (χ2n) is 2.08. The summed E-state index contributed by atoms with van der Waals surface area (Å²) in [6.07, 6.45) is 3.37. The zero-order valence-electron chi connectivity index (χ0n) is 5.86. The van der Waals surface area contributed by atoms with Gasteiger partial charge in [-0.05, 0) is 6.07 Å². The Morgan fingerprint density at radius 2 is 1.91 bits per heavy atom. The Kier molecular flexibility index (Phi) is 2.58. The maximum atomic E-state index is 4.07. The van der Waals surface area contributed by atoms with E-state index in [4.69, 9.17) is 0 Å². The van der Waals surface area contributed by atoms with Gasteiger partial charge in [0.2, 0.25) is 0 Å². The summed E-state index contributed by atoms with van der Waals surface area (Å²) in [7, 11) is 0. The summed E-state index contributed by atoms with van der Waals surface area (Å²) >= 11 is 0. The summed E-state index contributed by atoms with van der Waals surface area (Å²) in [6, 6.07) is 7.91. The molecule has 0 amide bonds. The van der Waals surface area contributed by atoms with E-state index in [0.717, 1.165) is 10.9 Å². The van der Waals surface area contributed by atoms with Crippen LogP contribution in [0, 0.1) is 0 Å². The van der Waals surface area contributed by atoms with Crippen LogP contribution in [0.15, 0.2) is 36.8 Å². The zero-order valence-corrected chi connectivity index (χ0v) is 7.96. The molecule has 0 unspecified atom stereocenters. The van der Waals surface area contributed by atoms with E-state index in [1.165, 1.54) is 0 Å². The SMILES string of the molecule is [SeH2].c1ccc2ncncc2c1. The summed E-state index contributed by atoms with van der Waals surface area (Å²) in [4.78, 5) is 7.97. The average Bonchev–Trinajstić information content (AvgIpc) is 2.05. The molecule has 3 heteroatoms. The zero-order chi connectivity index (χ0) is 6.81. The molecule has 11 heavy (non-hydrogen) atoms. The molecule has 0 aliphatic heterocycles. The van der Waals surface area contributed by atoms with Crippen molar-refractivity contribution in [2.24, 2.45) is 0 Å². The van der Waals surface area contributed by atoms with E-state index in [1.54, 1.807) is 6.33 Å². The minimum atomic E-state index is 0. The van der Waals surface area contributed by atoms with Gasteiger partial charge in [-0.2, -0.15) is 0 Å². The van der Waals surface area contributed by atoms with Gasteiger partial charge in [0.05, 0.1) is 5.52 Å². The van der Waals surface area contributed by atoms with Gasteiger partial charge in [0.15, 0.2) is 0 Å². The Bertz CT molecular complexity index is 283. The summed E-state index contributed by atoms with van der Waals surface area (Å²) in [5, 5.41) is 1.09. The van der Waals surface area contributed by atoms with Crippen molar-refractivity contribution in [1.82, 2.24) is 9.97 Å².